The van der Waals surface area contributed by atoms with Gasteiger partial charge in [-0.3, -0.25) is 9.59 Å². The van der Waals surface area contributed by atoms with Crippen molar-refractivity contribution in [3.8, 4) is 34.3 Å². The lowest BCUT2D eigenvalue weighted by molar-refractivity contribution is 0.0998. The first-order chi connectivity index (χ1) is 16.0. The molecule has 1 heterocycles. The third-order valence-corrected chi connectivity index (χ3v) is 5.01. The van der Waals surface area contributed by atoms with Crippen molar-refractivity contribution >= 4 is 17.5 Å². The Morgan fingerprint density at radius 3 is 2.39 bits per heavy atom. The van der Waals surface area contributed by atoms with E-state index in [0.717, 1.165) is 0 Å². The van der Waals surface area contributed by atoms with Crippen LogP contribution in [0.2, 0.25) is 0 Å². The Bertz CT molecular complexity index is 1310. The number of nitrogens with zero attached hydrogens (tertiary/aromatic N) is 1. The smallest absolute Gasteiger partial charge is 0.256 e. The number of nitrogens with one attached hydrogen (secondary N) is 1. The van der Waals surface area contributed by atoms with E-state index < -0.39 is 5.91 Å². The molecule has 0 unspecified atom stereocenters. The minimum absolute atomic E-state index is 0.290. The highest BCUT2D eigenvalue weighted by atomic mass is 16.5. The monoisotopic (exact) mass is 443 g/mol. The van der Waals surface area contributed by atoms with E-state index in [-0.39, 0.29) is 11.8 Å². The molecule has 4 aromatic rings. The zero-order chi connectivity index (χ0) is 23.4. The van der Waals surface area contributed by atoms with Crippen LogP contribution in [0.4, 0.5) is 5.69 Å². The summed E-state index contributed by atoms with van der Waals surface area (Å²) in [7, 11) is 3.14. The van der Waals surface area contributed by atoms with Gasteiger partial charge < -0.3 is 24.9 Å². The number of carbonyl (C=O) groups is 2. The predicted octanol–water partition coefficient (Wildman–Crippen LogP) is 4.38. The Kier molecular flexibility index (Phi) is 6.08. The van der Waals surface area contributed by atoms with Crippen molar-refractivity contribution in [1.82, 2.24) is 4.98 Å². The van der Waals surface area contributed by atoms with Gasteiger partial charge >= 0.3 is 0 Å². The Labute approximate surface area is 190 Å². The molecule has 0 atom stereocenters. The molecule has 33 heavy (non-hydrogen) atoms. The minimum atomic E-state index is -0.536. The molecule has 2 amide bonds. The molecule has 0 spiro atoms. The highest BCUT2D eigenvalue weighted by Gasteiger charge is 2.19. The molecule has 4 rings (SSSR count). The number of carbonyl (C=O) groups excluding carboxylic acids is 2. The van der Waals surface area contributed by atoms with Gasteiger partial charge in [0.05, 0.1) is 31.5 Å². The zero-order valence-corrected chi connectivity index (χ0v) is 18.0. The van der Waals surface area contributed by atoms with E-state index in [1.165, 1.54) is 0 Å². The normalized spacial score (nSPS) is 10.5. The number of rotatable bonds is 7. The molecule has 0 aliphatic heterocycles. The number of benzene rings is 3. The highest BCUT2D eigenvalue weighted by Crippen LogP contribution is 2.35. The molecule has 0 aliphatic rings. The maximum Gasteiger partial charge on any atom is 0.256 e. The molecule has 0 bridgehead atoms. The number of oxazole rings is 1. The number of nitrogens with two attached hydrogens (primary N) is 1. The third kappa shape index (κ3) is 4.54. The average molecular weight is 443 g/mol. The average Bonchev–Trinajstić information content (AvgIpc) is 3.34. The van der Waals surface area contributed by atoms with E-state index in [0.29, 0.717) is 45.2 Å². The van der Waals surface area contributed by atoms with Crippen LogP contribution in [-0.4, -0.2) is 31.0 Å². The molecule has 3 aromatic carbocycles. The molecule has 0 saturated carbocycles. The number of anilines is 1. The van der Waals surface area contributed by atoms with Gasteiger partial charge in [-0.15, -0.1) is 0 Å². The Morgan fingerprint density at radius 1 is 0.939 bits per heavy atom. The van der Waals surface area contributed by atoms with E-state index in [4.69, 9.17) is 19.6 Å². The summed E-state index contributed by atoms with van der Waals surface area (Å²) in [6.45, 7) is 0. The summed E-state index contributed by atoms with van der Waals surface area (Å²) >= 11 is 0. The van der Waals surface area contributed by atoms with Crippen LogP contribution in [0, 0.1) is 0 Å². The maximum atomic E-state index is 13.0. The van der Waals surface area contributed by atoms with Crippen LogP contribution in [0.5, 0.6) is 11.5 Å². The predicted molar refractivity (Wildman–Crippen MR) is 123 cm³/mol. The zero-order valence-electron chi connectivity index (χ0n) is 18.0. The molecule has 0 saturated heterocycles. The SMILES string of the molecule is COc1ccc(-c2cnc(-c3ccccc3C(=O)Nc3ccc(C(N)=O)cc3)o2)c(OC)c1. The van der Waals surface area contributed by atoms with Gasteiger partial charge in [0.1, 0.15) is 11.5 Å². The van der Waals surface area contributed by atoms with Crippen LogP contribution >= 0.6 is 0 Å². The molecular weight excluding hydrogens is 422 g/mol. The van der Waals surface area contributed by atoms with E-state index in [2.05, 4.69) is 10.3 Å². The lowest BCUT2D eigenvalue weighted by atomic mass is 10.1. The summed E-state index contributed by atoms with van der Waals surface area (Å²) in [6, 6.07) is 18.7. The minimum Gasteiger partial charge on any atom is -0.497 e. The van der Waals surface area contributed by atoms with Gasteiger partial charge in [-0.25, -0.2) is 4.98 Å². The van der Waals surface area contributed by atoms with Crippen LogP contribution < -0.4 is 20.5 Å². The van der Waals surface area contributed by atoms with Gasteiger partial charge in [-0.2, -0.15) is 0 Å². The molecule has 0 aliphatic carbocycles. The van der Waals surface area contributed by atoms with Crippen LogP contribution in [-0.2, 0) is 0 Å². The molecular formula is C25H21N3O5. The summed E-state index contributed by atoms with van der Waals surface area (Å²) in [5.41, 5.74) is 7.75. The van der Waals surface area contributed by atoms with E-state index in [9.17, 15) is 9.59 Å². The fourth-order valence-corrected chi connectivity index (χ4v) is 3.31. The molecule has 166 valence electrons. The lowest BCUT2D eigenvalue weighted by Crippen LogP contribution is -2.14. The first-order valence-corrected chi connectivity index (χ1v) is 9.99. The molecule has 1 aromatic heterocycles. The molecule has 8 nitrogen and oxygen atoms in total. The molecule has 0 fully saturated rings. The Morgan fingerprint density at radius 2 is 1.70 bits per heavy atom. The first-order valence-electron chi connectivity index (χ1n) is 9.99. The molecule has 8 heteroatoms. The number of aromatic nitrogens is 1. The van der Waals surface area contributed by atoms with E-state index >= 15 is 0 Å². The van der Waals surface area contributed by atoms with Crippen molar-refractivity contribution in [2.75, 3.05) is 19.5 Å². The number of primary amides is 1. The van der Waals surface area contributed by atoms with Crippen molar-refractivity contribution in [2.45, 2.75) is 0 Å². The topological polar surface area (TPSA) is 117 Å². The fraction of sp³-hybridized carbons (Fsp3) is 0.0800. The fourth-order valence-electron chi connectivity index (χ4n) is 3.31. The second kappa shape index (κ2) is 9.27. The van der Waals surface area contributed by atoms with Crippen molar-refractivity contribution in [3.05, 3.63) is 84.1 Å². The Balaban J connectivity index is 1.62. The second-order valence-electron chi connectivity index (χ2n) is 7.04. The van der Waals surface area contributed by atoms with Crippen molar-refractivity contribution in [2.24, 2.45) is 5.73 Å². The number of methoxy groups -OCH3 is 2. The van der Waals surface area contributed by atoms with Crippen molar-refractivity contribution in [3.63, 3.8) is 0 Å². The van der Waals surface area contributed by atoms with Gasteiger partial charge in [-0.1, -0.05) is 12.1 Å². The highest BCUT2D eigenvalue weighted by molar-refractivity contribution is 6.08. The van der Waals surface area contributed by atoms with Crippen LogP contribution in [0.25, 0.3) is 22.8 Å². The first kappa shape index (κ1) is 21.6. The number of amides is 2. The van der Waals surface area contributed by atoms with Gasteiger partial charge in [0, 0.05) is 22.9 Å². The molecule has 0 radical (unpaired) electrons. The van der Waals surface area contributed by atoms with Crippen molar-refractivity contribution < 1.29 is 23.5 Å². The molecule has 3 N–H and O–H groups in total. The quantitative estimate of drug-likeness (QED) is 0.438. The standard InChI is InChI=1S/C25H21N3O5/c1-31-17-11-12-20(21(13-17)32-2)22-14-27-25(33-22)19-6-4-3-5-18(19)24(30)28-16-9-7-15(8-10-16)23(26)29/h3-14H,1-2H3,(H2,26,29)(H,28,30). The maximum absolute atomic E-state index is 13.0. The van der Waals surface area contributed by atoms with E-state index in [1.54, 1.807) is 81.1 Å². The van der Waals surface area contributed by atoms with Crippen LogP contribution in [0.15, 0.2) is 77.3 Å². The van der Waals surface area contributed by atoms with Gasteiger partial charge in [0.15, 0.2) is 5.76 Å². The third-order valence-electron chi connectivity index (χ3n) is 5.01. The summed E-state index contributed by atoms with van der Waals surface area (Å²) in [4.78, 5) is 28.6. The van der Waals surface area contributed by atoms with Crippen LogP contribution in [0.1, 0.15) is 20.7 Å². The largest absolute Gasteiger partial charge is 0.497 e. The van der Waals surface area contributed by atoms with Gasteiger partial charge in [0.25, 0.3) is 5.91 Å². The second-order valence-corrected chi connectivity index (χ2v) is 7.04. The Hall–Kier alpha value is -4.59. The summed E-state index contributed by atoms with van der Waals surface area (Å²) in [5.74, 6) is 1.12. The number of ether oxygens (including phenoxy) is 2. The summed E-state index contributed by atoms with van der Waals surface area (Å²) < 4.78 is 16.7. The number of hydrogen-bond acceptors (Lipinski definition) is 6. The van der Waals surface area contributed by atoms with Gasteiger partial charge in [0.2, 0.25) is 11.8 Å². The lowest BCUT2D eigenvalue weighted by Gasteiger charge is -2.09. The number of hydrogen-bond donors (Lipinski definition) is 2. The summed E-state index contributed by atoms with van der Waals surface area (Å²) in [5, 5.41) is 2.81. The van der Waals surface area contributed by atoms with Crippen LogP contribution in [0.3, 0.4) is 0 Å². The van der Waals surface area contributed by atoms with Crippen molar-refractivity contribution in [1.29, 1.82) is 0 Å². The summed E-state index contributed by atoms with van der Waals surface area (Å²) in [6.07, 6.45) is 1.58. The van der Waals surface area contributed by atoms with E-state index in [1.807, 2.05) is 6.07 Å². The van der Waals surface area contributed by atoms with Gasteiger partial charge in [-0.05, 0) is 48.5 Å².